The fourth-order valence-electron chi connectivity index (χ4n) is 3.77. The molecule has 26 heavy (non-hydrogen) atoms. The summed E-state index contributed by atoms with van der Waals surface area (Å²) in [5, 5.41) is 10.9. The lowest BCUT2D eigenvalue weighted by molar-refractivity contribution is -0.0491. The summed E-state index contributed by atoms with van der Waals surface area (Å²) >= 11 is 0. The standard InChI is InChI=1S/C22H29NO3/c1-16-7-4-10-19(13-16)26-21-12-6-11-20(22(21)24)23(2)15-17-8-5-9-18(14-17)25-3/h4-5,7-10,13-14,20-22,24H,6,11-12,15H2,1-3H3/t20-,21+,22+/m0/s1. The lowest BCUT2D eigenvalue weighted by Gasteiger charge is -2.39. The van der Waals surface area contributed by atoms with Crippen molar-refractivity contribution in [2.24, 2.45) is 0 Å². The van der Waals surface area contributed by atoms with E-state index >= 15 is 0 Å². The predicted molar refractivity (Wildman–Crippen MR) is 104 cm³/mol. The number of hydrogen-bond donors (Lipinski definition) is 1. The quantitative estimate of drug-likeness (QED) is 0.856. The average molecular weight is 355 g/mol. The number of aliphatic hydroxyl groups excluding tert-OH is 1. The summed E-state index contributed by atoms with van der Waals surface area (Å²) < 4.78 is 11.4. The third-order valence-corrected chi connectivity index (χ3v) is 5.17. The first-order valence-corrected chi connectivity index (χ1v) is 9.31. The van der Waals surface area contributed by atoms with E-state index in [0.717, 1.165) is 37.3 Å². The molecule has 3 atom stereocenters. The van der Waals surface area contributed by atoms with Crippen LogP contribution in [0, 0.1) is 6.92 Å². The number of benzene rings is 2. The number of likely N-dealkylation sites (N-methyl/N-ethyl adjacent to an activating group) is 1. The Labute approximate surface area is 156 Å². The molecule has 0 aromatic heterocycles. The van der Waals surface area contributed by atoms with Crippen molar-refractivity contribution in [1.29, 1.82) is 0 Å². The van der Waals surface area contributed by atoms with Gasteiger partial charge in [0.15, 0.2) is 0 Å². The smallest absolute Gasteiger partial charge is 0.126 e. The van der Waals surface area contributed by atoms with Gasteiger partial charge < -0.3 is 14.6 Å². The number of rotatable bonds is 6. The molecule has 1 aliphatic rings. The molecule has 1 aliphatic carbocycles. The summed E-state index contributed by atoms with van der Waals surface area (Å²) in [5.74, 6) is 1.70. The Bertz CT molecular complexity index is 718. The summed E-state index contributed by atoms with van der Waals surface area (Å²) in [7, 11) is 3.75. The Morgan fingerprint density at radius 1 is 1.08 bits per heavy atom. The van der Waals surface area contributed by atoms with Crippen LogP contribution in [0.2, 0.25) is 0 Å². The minimum Gasteiger partial charge on any atom is -0.497 e. The number of ether oxygens (including phenoxy) is 2. The third kappa shape index (κ3) is 4.57. The van der Waals surface area contributed by atoms with Gasteiger partial charge in [0.05, 0.1) is 7.11 Å². The van der Waals surface area contributed by atoms with E-state index in [2.05, 4.69) is 31.0 Å². The number of aliphatic hydroxyl groups is 1. The third-order valence-electron chi connectivity index (χ3n) is 5.17. The van der Waals surface area contributed by atoms with E-state index in [-0.39, 0.29) is 12.1 Å². The molecule has 0 bridgehead atoms. The maximum atomic E-state index is 10.9. The minimum atomic E-state index is -0.500. The van der Waals surface area contributed by atoms with Gasteiger partial charge in [-0.1, -0.05) is 24.3 Å². The molecule has 1 saturated carbocycles. The van der Waals surface area contributed by atoms with Crippen molar-refractivity contribution < 1.29 is 14.6 Å². The molecule has 0 heterocycles. The molecule has 3 rings (SSSR count). The summed E-state index contributed by atoms with van der Waals surface area (Å²) in [6.45, 7) is 2.82. The second-order valence-electron chi connectivity index (χ2n) is 7.23. The van der Waals surface area contributed by atoms with Gasteiger partial charge in [-0.05, 0) is 68.6 Å². The van der Waals surface area contributed by atoms with Crippen LogP contribution in [0.4, 0.5) is 0 Å². The van der Waals surface area contributed by atoms with Gasteiger partial charge in [0.25, 0.3) is 0 Å². The molecule has 4 heteroatoms. The maximum absolute atomic E-state index is 10.9. The molecular weight excluding hydrogens is 326 g/mol. The summed E-state index contributed by atoms with van der Waals surface area (Å²) in [6.07, 6.45) is 2.26. The van der Waals surface area contributed by atoms with Crippen molar-refractivity contribution in [3.8, 4) is 11.5 Å². The summed E-state index contributed by atoms with van der Waals surface area (Å²) in [5.41, 5.74) is 2.35. The molecule has 1 N–H and O–H groups in total. The normalized spacial score (nSPS) is 23.0. The second-order valence-corrected chi connectivity index (χ2v) is 7.23. The minimum absolute atomic E-state index is 0.0877. The van der Waals surface area contributed by atoms with E-state index in [9.17, 15) is 5.11 Å². The van der Waals surface area contributed by atoms with Gasteiger partial charge >= 0.3 is 0 Å². The fourth-order valence-corrected chi connectivity index (χ4v) is 3.77. The van der Waals surface area contributed by atoms with E-state index in [1.807, 2.05) is 36.4 Å². The highest BCUT2D eigenvalue weighted by Gasteiger charge is 2.35. The lowest BCUT2D eigenvalue weighted by atomic mass is 9.88. The fraction of sp³-hybridized carbons (Fsp3) is 0.455. The molecule has 0 radical (unpaired) electrons. The van der Waals surface area contributed by atoms with Gasteiger partial charge in [-0.15, -0.1) is 0 Å². The molecule has 0 aliphatic heterocycles. The first-order chi connectivity index (χ1) is 12.6. The Morgan fingerprint density at radius 3 is 2.62 bits per heavy atom. The van der Waals surface area contributed by atoms with Crippen LogP contribution in [-0.2, 0) is 6.54 Å². The Hall–Kier alpha value is -2.04. The van der Waals surface area contributed by atoms with E-state index in [1.165, 1.54) is 11.1 Å². The van der Waals surface area contributed by atoms with Crippen molar-refractivity contribution in [3.63, 3.8) is 0 Å². The SMILES string of the molecule is COc1cccc(CN(C)[C@H]2CCC[C@@H](Oc3cccc(C)c3)[C@@H]2O)c1. The van der Waals surface area contributed by atoms with Crippen molar-refractivity contribution in [2.75, 3.05) is 14.2 Å². The molecule has 0 amide bonds. The Morgan fingerprint density at radius 2 is 1.85 bits per heavy atom. The van der Waals surface area contributed by atoms with Gasteiger partial charge in [0.1, 0.15) is 23.7 Å². The van der Waals surface area contributed by atoms with Crippen LogP contribution < -0.4 is 9.47 Å². The molecule has 2 aromatic carbocycles. The van der Waals surface area contributed by atoms with E-state index in [4.69, 9.17) is 9.47 Å². The van der Waals surface area contributed by atoms with Gasteiger partial charge in [0, 0.05) is 12.6 Å². The van der Waals surface area contributed by atoms with Crippen LogP contribution in [0.25, 0.3) is 0 Å². The number of methoxy groups -OCH3 is 1. The molecule has 0 unspecified atom stereocenters. The number of aryl methyl sites for hydroxylation is 1. The van der Waals surface area contributed by atoms with Crippen LogP contribution in [0.1, 0.15) is 30.4 Å². The second kappa shape index (κ2) is 8.56. The first kappa shape index (κ1) is 18.7. The monoisotopic (exact) mass is 355 g/mol. The summed E-state index contributed by atoms with van der Waals surface area (Å²) in [6, 6.07) is 16.2. The zero-order valence-electron chi connectivity index (χ0n) is 15.9. The molecular formula is C22H29NO3. The molecule has 1 fully saturated rings. The van der Waals surface area contributed by atoms with Crippen LogP contribution in [-0.4, -0.2) is 42.4 Å². The van der Waals surface area contributed by atoms with Crippen molar-refractivity contribution >= 4 is 0 Å². The Balaban J connectivity index is 1.65. The highest BCUT2D eigenvalue weighted by atomic mass is 16.5. The zero-order chi connectivity index (χ0) is 18.5. The lowest BCUT2D eigenvalue weighted by Crippen LogP contribution is -2.51. The summed E-state index contributed by atoms with van der Waals surface area (Å²) in [4.78, 5) is 2.23. The van der Waals surface area contributed by atoms with Crippen LogP contribution in [0.5, 0.6) is 11.5 Å². The van der Waals surface area contributed by atoms with Crippen molar-refractivity contribution in [2.45, 2.75) is 51.0 Å². The van der Waals surface area contributed by atoms with E-state index in [1.54, 1.807) is 7.11 Å². The van der Waals surface area contributed by atoms with Gasteiger partial charge in [-0.25, -0.2) is 0 Å². The van der Waals surface area contributed by atoms with E-state index < -0.39 is 6.10 Å². The largest absolute Gasteiger partial charge is 0.497 e. The highest BCUT2D eigenvalue weighted by Crippen LogP contribution is 2.28. The zero-order valence-corrected chi connectivity index (χ0v) is 15.9. The molecule has 2 aromatic rings. The van der Waals surface area contributed by atoms with Gasteiger partial charge in [-0.2, -0.15) is 0 Å². The molecule has 0 saturated heterocycles. The molecule has 4 nitrogen and oxygen atoms in total. The van der Waals surface area contributed by atoms with Crippen molar-refractivity contribution in [3.05, 3.63) is 59.7 Å². The van der Waals surface area contributed by atoms with Crippen molar-refractivity contribution in [1.82, 2.24) is 4.90 Å². The molecule has 0 spiro atoms. The Kier molecular flexibility index (Phi) is 6.17. The van der Waals surface area contributed by atoms with Crippen LogP contribution >= 0.6 is 0 Å². The van der Waals surface area contributed by atoms with Gasteiger partial charge in [-0.3, -0.25) is 4.90 Å². The topological polar surface area (TPSA) is 41.9 Å². The predicted octanol–water partition coefficient (Wildman–Crippen LogP) is 3.80. The first-order valence-electron chi connectivity index (χ1n) is 9.31. The van der Waals surface area contributed by atoms with E-state index in [0.29, 0.717) is 0 Å². The average Bonchev–Trinajstić information content (AvgIpc) is 2.63. The van der Waals surface area contributed by atoms with Crippen LogP contribution in [0.3, 0.4) is 0 Å². The van der Waals surface area contributed by atoms with Gasteiger partial charge in [0.2, 0.25) is 0 Å². The molecule has 140 valence electrons. The highest BCUT2D eigenvalue weighted by molar-refractivity contribution is 5.29. The van der Waals surface area contributed by atoms with Crippen LogP contribution in [0.15, 0.2) is 48.5 Å². The maximum Gasteiger partial charge on any atom is 0.126 e. The number of nitrogens with zero attached hydrogens (tertiary/aromatic N) is 1. The number of hydrogen-bond acceptors (Lipinski definition) is 4.